The highest BCUT2D eigenvalue weighted by atomic mass is 32.1. The number of hydrogen-bond donors (Lipinski definition) is 2. The predicted octanol–water partition coefficient (Wildman–Crippen LogP) is 4.39. The first-order valence-electron chi connectivity index (χ1n) is 6.91. The molecule has 3 rings (SSSR count). The Kier molecular flexibility index (Phi) is 4.25. The standard InChI is InChI=1S/C17H14N2O3S/c1-11-16(23-17(18-11)19-15-3-2-10-22-15)14(21)9-6-12-4-7-13(20)8-5-12/h2-10,20H,1H3,(H,18,19). The number of anilines is 2. The van der Waals surface area contributed by atoms with Gasteiger partial charge in [-0.25, -0.2) is 4.98 Å². The Labute approximate surface area is 136 Å². The summed E-state index contributed by atoms with van der Waals surface area (Å²) < 4.78 is 5.20. The van der Waals surface area contributed by atoms with Crippen LogP contribution in [0, 0.1) is 6.92 Å². The van der Waals surface area contributed by atoms with Gasteiger partial charge in [-0.1, -0.05) is 29.5 Å². The second-order valence-corrected chi connectivity index (χ2v) is 5.82. The molecule has 1 aromatic carbocycles. The molecule has 0 aliphatic rings. The van der Waals surface area contributed by atoms with Crippen molar-refractivity contribution in [3.05, 3.63) is 64.9 Å². The highest BCUT2D eigenvalue weighted by Crippen LogP contribution is 2.26. The number of allylic oxidation sites excluding steroid dienone is 1. The number of phenolic OH excluding ortho intramolecular Hbond substituents is 1. The van der Waals surface area contributed by atoms with E-state index in [-0.39, 0.29) is 11.5 Å². The molecule has 0 aliphatic carbocycles. The molecule has 2 N–H and O–H groups in total. The predicted molar refractivity (Wildman–Crippen MR) is 90.3 cm³/mol. The van der Waals surface area contributed by atoms with Gasteiger partial charge < -0.3 is 14.8 Å². The molecule has 0 saturated carbocycles. The molecule has 0 spiro atoms. The molecule has 0 unspecified atom stereocenters. The van der Waals surface area contributed by atoms with Gasteiger partial charge in [0, 0.05) is 6.07 Å². The number of ketones is 1. The summed E-state index contributed by atoms with van der Waals surface area (Å²) in [5.74, 6) is 0.665. The fraction of sp³-hybridized carbons (Fsp3) is 0.0588. The van der Waals surface area contributed by atoms with Crippen molar-refractivity contribution in [2.24, 2.45) is 0 Å². The van der Waals surface area contributed by atoms with Crippen LogP contribution in [-0.2, 0) is 0 Å². The monoisotopic (exact) mass is 326 g/mol. The van der Waals surface area contributed by atoms with Crippen molar-refractivity contribution in [1.29, 1.82) is 0 Å². The summed E-state index contributed by atoms with van der Waals surface area (Å²) in [6, 6.07) is 10.2. The van der Waals surface area contributed by atoms with E-state index >= 15 is 0 Å². The molecule has 0 aliphatic heterocycles. The normalized spacial score (nSPS) is 11.0. The van der Waals surface area contributed by atoms with E-state index in [1.807, 2.05) is 0 Å². The molecular weight excluding hydrogens is 312 g/mol. The molecule has 0 fully saturated rings. The van der Waals surface area contributed by atoms with Crippen LogP contribution in [0.25, 0.3) is 6.08 Å². The van der Waals surface area contributed by atoms with Crippen LogP contribution in [0.2, 0.25) is 0 Å². The minimum Gasteiger partial charge on any atom is -0.508 e. The second kappa shape index (κ2) is 6.50. The van der Waals surface area contributed by atoms with E-state index in [0.29, 0.717) is 21.6 Å². The summed E-state index contributed by atoms with van der Waals surface area (Å²) >= 11 is 1.28. The van der Waals surface area contributed by atoms with Crippen LogP contribution in [0.5, 0.6) is 5.75 Å². The second-order valence-electron chi connectivity index (χ2n) is 4.82. The number of thiazole rings is 1. The largest absolute Gasteiger partial charge is 0.508 e. The SMILES string of the molecule is Cc1nc(Nc2ccco2)sc1C(=O)C=Cc1ccc(O)cc1. The number of aryl methyl sites for hydroxylation is 1. The number of carbonyl (C=O) groups is 1. The molecule has 23 heavy (non-hydrogen) atoms. The Morgan fingerprint density at radius 3 is 2.78 bits per heavy atom. The molecule has 0 amide bonds. The van der Waals surface area contributed by atoms with E-state index in [2.05, 4.69) is 10.3 Å². The van der Waals surface area contributed by atoms with Crippen LogP contribution in [0.3, 0.4) is 0 Å². The number of hydrogen-bond acceptors (Lipinski definition) is 6. The number of benzene rings is 1. The molecule has 2 aromatic heterocycles. The summed E-state index contributed by atoms with van der Waals surface area (Å²) in [5.41, 5.74) is 1.51. The van der Waals surface area contributed by atoms with E-state index in [4.69, 9.17) is 4.42 Å². The van der Waals surface area contributed by atoms with Crippen LogP contribution < -0.4 is 5.32 Å². The van der Waals surface area contributed by atoms with Gasteiger partial charge in [-0.15, -0.1) is 0 Å². The lowest BCUT2D eigenvalue weighted by atomic mass is 10.1. The third-order valence-electron chi connectivity index (χ3n) is 3.09. The number of aromatic hydroxyl groups is 1. The van der Waals surface area contributed by atoms with Gasteiger partial charge >= 0.3 is 0 Å². The average Bonchev–Trinajstić information content (AvgIpc) is 3.16. The van der Waals surface area contributed by atoms with E-state index < -0.39 is 0 Å². The van der Waals surface area contributed by atoms with Crippen molar-refractivity contribution >= 4 is 34.2 Å². The highest BCUT2D eigenvalue weighted by molar-refractivity contribution is 7.17. The number of aromatic nitrogens is 1. The fourth-order valence-corrected chi connectivity index (χ4v) is 2.86. The first kappa shape index (κ1) is 15.1. The fourth-order valence-electron chi connectivity index (χ4n) is 1.97. The zero-order valence-corrected chi connectivity index (χ0v) is 13.1. The van der Waals surface area contributed by atoms with Gasteiger partial charge in [0.1, 0.15) is 5.75 Å². The smallest absolute Gasteiger partial charge is 0.198 e. The quantitative estimate of drug-likeness (QED) is 0.537. The zero-order chi connectivity index (χ0) is 16.2. The molecule has 116 valence electrons. The number of carbonyl (C=O) groups excluding carboxylic acids is 1. The van der Waals surface area contributed by atoms with Crippen molar-refractivity contribution in [2.45, 2.75) is 6.92 Å². The molecule has 3 aromatic rings. The van der Waals surface area contributed by atoms with Gasteiger partial charge in [0.05, 0.1) is 16.8 Å². The number of nitrogens with one attached hydrogen (secondary N) is 1. The molecular formula is C17H14N2O3S. The van der Waals surface area contributed by atoms with Gasteiger partial charge in [0.2, 0.25) is 0 Å². The summed E-state index contributed by atoms with van der Waals surface area (Å²) in [5, 5.41) is 12.9. The van der Waals surface area contributed by atoms with Crippen molar-refractivity contribution in [3.8, 4) is 5.75 Å². The maximum absolute atomic E-state index is 12.3. The van der Waals surface area contributed by atoms with Crippen LogP contribution in [0.4, 0.5) is 11.0 Å². The third-order valence-corrected chi connectivity index (χ3v) is 4.18. The van der Waals surface area contributed by atoms with Crippen LogP contribution in [-0.4, -0.2) is 15.9 Å². The molecule has 5 nitrogen and oxygen atoms in total. The summed E-state index contributed by atoms with van der Waals surface area (Å²) in [4.78, 5) is 17.2. The van der Waals surface area contributed by atoms with Crippen molar-refractivity contribution < 1.29 is 14.3 Å². The third kappa shape index (κ3) is 3.67. The summed E-state index contributed by atoms with van der Waals surface area (Å²) in [6.07, 6.45) is 4.78. The molecule has 0 saturated heterocycles. The van der Waals surface area contributed by atoms with E-state index in [1.165, 1.54) is 17.4 Å². The lowest BCUT2D eigenvalue weighted by Gasteiger charge is -1.95. The highest BCUT2D eigenvalue weighted by Gasteiger charge is 2.13. The molecule has 6 heteroatoms. The lowest BCUT2D eigenvalue weighted by molar-refractivity contribution is 0.105. The summed E-state index contributed by atoms with van der Waals surface area (Å²) in [7, 11) is 0. The van der Waals surface area contributed by atoms with Gasteiger partial charge in [0.25, 0.3) is 0 Å². The van der Waals surface area contributed by atoms with E-state index in [9.17, 15) is 9.90 Å². The number of nitrogens with zero attached hydrogens (tertiary/aromatic N) is 1. The Bertz CT molecular complexity index is 833. The molecule has 0 atom stereocenters. The van der Waals surface area contributed by atoms with Crippen LogP contribution >= 0.6 is 11.3 Å². The van der Waals surface area contributed by atoms with Crippen molar-refractivity contribution in [3.63, 3.8) is 0 Å². The minimum absolute atomic E-state index is 0.111. The molecule has 2 heterocycles. The first-order chi connectivity index (χ1) is 11.1. The topological polar surface area (TPSA) is 75.4 Å². The average molecular weight is 326 g/mol. The van der Waals surface area contributed by atoms with Crippen molar-refractivity contribution in [1.82, 2.24) is 4.98 Å². The molecule has 0 bridgehead atoms. The number of phenols is 1. The number of furan rings is 1. The zero-order valence-electron chi connectivity index (χ0n) is 12.3. The Morgan fingerprint density at radius 2 is 2.09 bits per heavy atom. The molecule has 0 radical (unpaired) electrons. The Balaban J connectivity index is 1.74. The minimum atomic E-state index is -0.111. The van der Waals surface area contributed by atoms with Gasteiger partial charge in [-0.3, -0.25) is 4.79 Å². The van der Waals surface area contributed by atoms with Gasteiger partial charge in [-0.05, 0) is 36.8 Å². The summed E-state index contributed by atoms with van der Waals surface area (Å²) in [6.45, 7) is 1.80. The van der Waals surface area contributed by atoms with Crippen molar-refractivity contribution in [2.75, 3.05) is 5.32 Å². The Morgan fingerprint density at radius 1 is 1.30 bits per heavy atom. The first-order valence-corrected chi connectivity index (χ1v) is 7.73. The van der Waals surface area contributed by atoms with Crippen LogP contribution in [0.15, 0.2) is 53.2 Å². The number of rotatable bonds is 5. The maximum atomic E-state index is 12.3. The van der Waals surface area contributed by atoms with E-state index in [1.54, 1.807) is 55.7 Å². The van der Waals surface area contributed by atoms with Crippen LogP contribution in [0.1, 0.15) is 20.9 Å². The van der Waals surface area contributed by atoms with Gasteiger partial charge in [0.15, 0.2) is 16.8 Å². The van der Waals surface area contributed by atoms with E-state index in [0.717, 1.165) is 5.56 Å². The lowest BCUT2D eigenvalue weighted by Crippen LogP contribution is -1.93. The van der Waals surface area contributed by atoms with Gasteiger partial charge in [-0.2, -0.15) is 0 Å². The maximum Gasteiger partial charge on any atom is 0.198 e. The Hall–Kier alpha value is -2.86.